The molecule has 0 aromatic carbocycles. The van der Waals surface area contributed by atoms with Gasteiger partial charge in [0.1, 0.15) is 11.5 Å². The number of thiophene rings is 1. The number of pyridine rings is 1. The van der Waals surface area contributed by atoms with Gasteiger partial charge >= 0.3 is 0 Å². The quantitative estimate of drug-likeness (QED) is 0.685. The van der Waals surface area contributed by atoms with E-state index in [0.717, 1.165) is 47.2 Å². The van der Waals surface area contributed by atoms with Gasteiger partial charge in [-0.15, -0.1) is 11.3 Å². The first kappa shape index (κ1) is 17.3. The highest BCUT2D eigenvalue weighted by atomic mass is 32.1. The number of hydrogen-bond donors (Lipinski definition) is 0. The van der Waals surface area contributed by atoms with Gasteiger partial charge in [0.25, 0.3) is 5.91 Å². The van der Waals surface area contributed by atoms with Gasteiger partial charge in [0.2, 0.25) is 0 Å². The topological polar surface area (TPSA) is 62.2 Å². The van der Waals surface area contributed by atoms with E-state index in [9.17, 15) is 4.79 Å². The second-order valence-electron chi connectivity index (χ2n) is 7.16. The smallest absolute Gasteiger partial charge is 0.264 e. The second kappa shape index (κ2) is 7.31. The molecule has 28 heavy (non-hydrogen) atoms. The number of fused-ring (bicyclic) bond motifs is 1. The largest absolute Gasteiger partial charge is 0.356 e. The molecule has 1 amide bonds. The molecule has 7 heteroatoms. The Morgan fingerprint density at radius 1 is 1.04 bits per heavy atom. The molecule has 6 nitrogen and oxygen atoms in total. The van der Waals surface area contributed by atoms with Crippen LogP contribution in [0.4, 0.5) is 5.82 Å². The lowest BCUT2D eigenvalue weighted by Gasteiger charge is -2.31. The van der Waals surface area contributed by atoms with E-state index in [1.54, 1.807) is 6.20 Å². The van der Waals surface area contributed by atoms with E-state index in [2.05, 4.69) is 9.88 Å². The summed E-state index contributed by atoms with van der Waals surface area (Å²) in [6.45, 7) is 3.26. The molecule has 5 heterocycles. The number of carbonyl (C=O) groups excluding carboxylic acids is 1. The van der Waals surface area contributed by atoms with Gasteiger partial charge in [-0.2, -0.15) is 0 Å². The molecular weight excluding hydrogens is 370 g/mol. The van der Waals surface area contributed by atoms with Crippen LogP contribution in [0.5, 0.6) is 0 Å². The maximum atomic E-state index is 12.9. The zero-order chi connectivity index (χ0) is 18.9. The lowest BCUT2D eigenvalue weighted by atomic mass is 10.0. The van der Waals surface area contributed by atoms with Crippen LogP contribution in [-0.4, -0.2) is 45.4 Å². The van der Waals surface area contributed by atoms with Gasteiger partial charge in [0.15, 0.2) is 5.82 Å². The normalized spacial score (nSPS) is 16.3. The van der Waals surface area contributed by atoms with Crippen molar-refractivity contribution in [3.63, 3.8) is 0 Å². The summed E-state index contributed by atoms with van der Waals surface area (Å²) in [6, 6.07) is 9.63. The lowest BCUT2D eigenvalue weighted by molar-refractivity contribution is 0.0738. The molecule has 0 spiro atoms. The van der Waals surface area contributed by atoms with Crippen LogP contribution in [0.2, 0.25) is 0 Å². The number of hydrogen-bond acceptors (Lipinski definition) is 6. The molecule has 0 saturated carbocycles. The Labute approximate surface area is 167 Å². The summed E-state index contributed by atoms with van der Waals surface area (Å²) in [5.74, 6) is 1.76. The third-order valence-electron chi connectivity index (χ3n) is 5.36. The van der Waals surface area contributed by atoms with E-state index < -0.39 is 0 Å². The molecule has 2 aliphatic heterocycles. The SMILES string of the molecule is O=C(c1cccs1)N1CCc2nc(-c3ccccn3)nc(N3CCCC3)c2C1. The Bertz CT molecular complexity index is 984. The highest BCUT2D eigenvalue weighted by molar-refractivity contribution is 7.12. The van der Waals surface area contributed by atoms with Crippen molar-refractivity contribution in [1.29, 1.82) is 0 Å². The Balaban J connectivity index is 1.54. The van der Waals surface area contributed by atoms with Crippen molar-refractivity contribution in [2.75, 3.05) is 24.5 Å². The molecule has 0 unspecified atom stereocenters. The fraction of sp³-hybridized carbons (Fsp3) is 0.333. The number of amides is 1. The summed E-state index contributed by atoms with van der Waals surface area (Å²) in [7, 11) is 0. The predicted molar refractivity (Wildman–Crippen MR) is 109 cm³/mol. The molecule has 0 radical (unpaired) electrons. The van der Waals surface area contributed by atoms with Crippen molar-refractivity contribution in [2.24, 2.45) is 0 Å². The number of aromatic nitrogens is 3. The van der Waals surface area contributed by atoms with Crippen LogP contribution in [0.3, 0.4) is 0 Å². The average Bonchev–Trinajstić information content (AvgIpc) is 3.47. The first-order chi connectivity index (χ1) is 13.8. The molecule has 0 atom stereocenters. The molecule has 0 N–H and O–H groups in total. The first-order valence-electron chi connectivity index (χ1n) is 9.68. The summed E-state index contributed by atoms with van der Waals surface area (Å²) in [4.78, 5) is 32.1. The van der Waals surface area contributed by atoms with E-state index in [1.165, 1.54) is 24.2 Å². The van der Waals surface area contributed by atoms with Crippen LogP contribution in [0.25, 0.3) is 11.5 Å². The maximum absolute atomic E-state index is 12.9. The van der Waals surface area contributed by atoms with Crippen LogP contribution in [-0.2, 0) is 13.0 Å². The van der Waals surface area contributed by atoms with E-state index in [0.29, 0.717) is 18.9 Å². The molecule has 3 aromatic rings. The minimum absolute atomic E-state index is 0.0989. The molecule has 3 aromatic heterocycles. The summed E-state index contributed by atoms with van der Waals surface area (Å²) >= 11 is 1.49. The van der Waals surface area contributed by atoms with E-state index in [-0.39, 0.29) is 5.91 Å². The molecule has 142 valence electrons. The Hall–Kier alpha value is -2.80. The highest BCUT2D eigenvalue weighted by Gasteiger charge is 2.29. The molecular formula is C21H21N5OS. The minimum Gasteiger partial charge on any atom is -0.356 e. The van der Waals surface area contributed by atoms with Gasteiger partial charge in [-0.05, 0) is 36.4 Å². The van der Waals surface area contributed by atoms with Crippen molar-refractivity contribution in [3.05, 3.63) is 58.0 Å². The highest BCUT2D eigenvalue weighted by Crippen LogP contribution is 2.31. The Morgan fingerprint density at radius 3 is 2.68 bits per heavy atom. The number of rotatable bonds is 3. The summed E-state index contributed by atoms with van der Waals surface area (Å²) in [6.07, 6.45) is 4.87. The van der Waals surface area contributed by atoms with Gasteiger partial charge in [-0.3, -0.25) is 9.78 Å². The minimum atomic E-state index is 0.0989. The molecule has 0 bridgehead atoms. The molecule has 2 aliphatic rings. The zero-order valence-corrected chi connectivity index (χ0v) is 16.4. The first-order valence-corrected chi connectivity index (χ1v) is 10.6. The monoisotopic (exact) mass is 391 g/mol. The zero-order valence-electron chi connectivity index (χ0n) is 15.5. The number of anilines is 1. The fourth-order valence-electron chi connectivity index (χ4n) is 3.93. The third kappa shape index (κ3) is 3.16. The summed E-state index contributed by atoms with van der Waals surface area (Å²) in [5.41, 5.74) is 2.94. The standard InChI is InChI=1S/C21H21N5OS/c27-21(18-7-5-13-28-18)26-12-8-16-15(14-26)20(25-10-3-4-11-25)24-19(23-16)17-6-1-2-9-22-17/h1-2,5-7,9,13H,3-4,8,10-12,14H2. The number of nitrogens with zero attached hydrogens (tertiary/aromatic N) is 5. The van der Waals surface area contributed by atoms with Gasteiger partial charge in [0.05, 0.1) is 17.1 Å². The van der Waals surface area contributed by atoms with E-state index >= 15 is 0 Å². The lowest BCUT2D eigenvalue weighted by Crippen LogP contribution is -2.37. The predicted octanol–water partition coefficient (Wildman–Crippen LogP) is 3.40. The Kier molecular flexibility index (Phi) is 4.52. The number of carbonyl (C=O) groups is 1. The van der Waals surface area contributed by atoms with Gasteiger partial charge in [-0.25, -0.2) is 9.97 Å². The fourth-order valence-corrected chi connectivity index (χ4v) is 4.62. The van der Waals surface area contributed by atoms with Crippen molar-refractivity contribution < 1.29 is 4.79 Å². The van der Waals surface area contributed by atoms with Crippen LogP contribution in [0, 0.1) is 0 Å². The van der Waals surface area contributed by atoms with Crippen molar-refractivity contribution in [3.8, 4) is 11.5 Å². The molecule has 5 rings (SSSR count). The van der Waals surface area contributed by atoms with Crippen molar-refractivity contribution in [1.82, 2.24) is 19.9 Å². The van der Waals surface area contributed by atoms with Crippen molar-refractivity contribution >= 4 is 23.1 Å². The van der Waals surface area contributed by atoms with Crippen LogP contribution < -0.4 is 4.90 Å². The van der Waals surface area contributed by atoms with E-state index in [1.807, 2.05) is 40.6 Å². The molecule has 1 saturated heterocycles. The maximum Gasteiger partial charge on any atom is 0.264 e. The van der Waals surface area contributed by atoms with E-state index in [4.69, 9.17) is 9.97 Å². The van der Waals surface area contributed by atoms with Gasteiger partial charge in [0, 0.05) is 37.8 Å². The summed E-state index contributed by atoms with van der Waals surface area (Å²) in [5, 5.41) is 1.95. The molecule has 1 fully saturated rings. The third-order valence-corrected chi connectivity index (χ3v) is 6.22. The molecule has 0 aliphatic carbocycles. The van der Waals surface area contributed by atoms with Gasteiger partial charge < -0.3 is 9.80 Å². The average molecular weight is 392 g/mol. The van der Waals surface area contributed by atoms with Crippen LogP contribution in [0.15, 0.2) is 41.9 Å². The second-order valence-corrected chi connectivity index (χ2v) is 8.11. The van der Waals surface area contributed by atoms with Crippen molar-refractivity contribution in [2.45, 2.75) is 25.8 Å². The van der Waals surface area contributed by atoms with Crippen LogP contribution >= 0.6 is 11.3 Å². The van der Waals surface area contributed by atoms with Crippen LogP contribution in [0.1, 0.15) is 33.8 Å². The van der Waals surface area contributed by atoms with Gasteiger partial charge in [-0.1, -0.05) is 12.1 Å². The Morgan fingerprint density at radius 2 is 1.93 bits per heavy atom. The summed E-state index contributed by atoms with van der Waals surface area (Å²) < 4.78 is 0.